The summed E-state index contributed by atoms with van der Waals surface area (Å²) in [6.45, 7) is 6.29. The van der Waals surface area contributed by atoms with Gasteiger partial charge in [0.15, 0.2) is 0 Å². The molecule has 1 amide bonds. The number of alkyl halides is 3. The minimum Gasteiger partial charge on any atom is -0.326 e. The van der Waals surface area contributed by atoms with Gasteiger partial charge in [-0.3, -0.25) is 14.5 Å². The molecule has 1 aromatic rings. The molecule has 1 aromatic carbocycles. The standard InChI is InChI=1S/C21H27F3N2O2/c1-3-15(4-2)26-11-16-17(12-26)20(16)18(27)8-9-19(28)25-14-7-5-6-13(10-14)21(22,23)24/h5-7,10,15-17,20H,3-4,8-9,11-12H2,1-2H3,(H,25,28)/t16-,17+,20?. The summed E-state index contributed by atoms with van der Waals surface area (Å²) in [5.41, 5.74) is -0.717. The minimum absolute atomic E-state index is 0.00127. The van der Waals surface area contributed by atoms with Gasteiger partial charge in [0.1, 0.15) is 5.78 Å². The molecule has 1 saturated carbocycles. The number of hydrogen-bond acceptors (Lipinski definition) is 3. The average Bonchev–Trinajstić information content (AvgIpc) is 3.15. The number of hydrogen-bond donors (Lipinski definition) is 1. The molecule has 1 aliphatic heterocycles. The third-order valence-electron chi connectivity index (χ3n) is 6.13. The Balaban J connectivity index is 1.44. The van der Waals surface area contributed by atoms with E-state index in [1.54, 1.807) is 0 Å². The van der Waals surface area contributed by atoms with E-state index in [2.05, 4.69) is 24.1 Å². The highest BCUT2D eigenvalue weighted by atomic mass is 19.4. The number of carbonyl (C=O) groups excluding carboxylic acids is 2. The van der Waals surface area contributed by atoms with Gasteiger partial charge in [-0.15, -0.1) is 0 Å². The molecule has 2 fully saturated rings. The molecule has 7 heteroatoms. The van der Waals surface area contributed by atoms with Gasteiger partial charge in [0.2, 0.25) is 5.91 Å². The lowest BCUT2D eigenvalue weighted by Gasteiger charge is -2.27. The number of likely N-dealkylation sites (tertiary alicyclic amines) is 1. The molecule has 0 radical (unpaired) electrons. The highest BCUT2D eigenvalue weighted by Crippen LogP contribution is 2.53. The summed E-state index contributed by atoms with van der Waals surface area (Å²) in [5.74, 6) is 0.571. The van der Waals surface area contributed by atoms with Crippen molar-refractivity contribution in [3.8, 4) is 0 Å². The largest absolute Gasteiger partial charge is 0.416 e. The number of Topliss-reactive ketones (excluding diaryl/α,β-unsaturated/α-hetero) is 1. The van der Waals surface area contributed by atoms with Gasteiger partial charge in [-0.05, 0) is 42.9 Å². The van der Waals surface area contributed by atoms with Gasteiger partial charge < -0.3 is 5.32 Å². The first-order chi connectivity index (χ1) is 13.2. The zero-order chi connectivity index (χ0) is 20.5. The van der Waals surface area contributed by atoms with Crippen LogP contribution in [0.25, 0.3) is 0 Å². The van der Waals surface area contributed by atoms with Crippen LogP contribution in [0, 0.1) is 17.8 Å². The van der Waals surface area contributed by atoms with Crippen molar-refractivity contribution < 1.29 is 22.8 Å². The molecule has 2 aliphatic rings. The van der Waals surface area contributed by atoms with E-state index >= 15 is 0 Å². The maximum absolute atomic E-state index is 12.7. The summed E-state index contributed by atoms with van der Waals surface area (Å²) in [6, 6.07) is 5.10. The second-order valence-corrected chi connectivity index (χ2v) is 7.87. The minimum atomic E-state index is -4.46. The second kappa shape index (κ2) is 8.23. The number of fused-ring (bicyclic) bond motifs is 1. The fourth-order valence-electron chi connectivity index (χ4n) is 4.54. The first-order valence-corrected chi connectivity index (χ1v) is 9.98. The van der Waals surface area contributed by atoms with Crippen molar-refractivity contribution in [2.24, 2.45) is 17.8 Å². The quantitative estimate of drug-likeness (QED) is 0.710. The van der Waals surface area contributed by atoms with E-state index in [0.717, 1.165) is 38.1 Å². The molecule has 154 valence electrons. The first-order valence-electron chi connectivity index (χ1n) is 9.98. The molecule has 3 rings (SSSR count). The van der Waals surface area contributed by atoms with Crippen LogP contribution < -0.4 is 5.32 Å². The van der Waals surface area contributed by atoms with Crippen LogP contribution in [0.2, 0.25) is 0 Å². The van der Waals surface area contributed by atoms with Crippen LogP contribution >= 0.6 is 0 Å². The van der Waals surface area contributed by atoms with Gasteiger partial charge in [-0.25, -0.2) is 0 Å². The van der Waals surface area contributed by atoms with E-state index in [1.165, 1.54) is 12.1 Å². The van der Waals surface area contributed by atoms with E-state index in [-0.39, 0.29) is 30.2 Å². The topological polar surface area (TPSA) is 49.4 Å². The molecule has 1 heterocycles. The van der Waals surface area contributed by atoms with E-state index in [9.17, 15) is 22.8 Å². The Morgan fingerprint density at radius 2 is 1.79 bits per heavy atom. The Kier molecular flexibility index (Phi) is 6.12. The Morgan fingerprint density at radius 1 is 1.14 bits per heavy atom. The van der Waals surface area contributed by atoms with E-state index in [1.807, 2.05) is 0 Å². The van der Waals surface area contributed by atoms with Gasteiger partial charge in [0.05, 0.1) is 5.56 Å². The molecular weight excluding hydrogens is 369 g/mol. The molecule has 0 bridgehead atoms. The Bertz CT molecular complexity index is 719. The van der Waals surface area contributed by atoms with Crippen LogP contribution in [0.5, 0.6) is 0 Å². The van der Waals surface area contributed by atoms with E-state index < -0.39 is 17.6 Å². The van der Waals surface area contributed by atoms with Crippen LogP contribution in [0.3, 0.4) is 0 Å². The fraction of sp³-hybridized carbons (Fsp3) is 0.619. The molecular formula is C21H27F3N2O2. The smallest absolute Gasteiger partial charge is 0.326 e. The number of rotatable bonds is 8. The molecule has 1 aliphatic carbocycles. The van der Waals surface area contributed by atoms with Gasteiger partial charge in [-0.2, -0.15) is 13.2 Å². The summed E-state index contributed by atoms with van der Waals surface area (Å²) in [5, 5.41) is 2.46. The number of carbonyl (C=O) groups is 2. The van der Waals surface area contributed by atoms with Crippen molar-refractivity contribution >= 4 is 17.4 Å². The van der Waals surface area contributed by atoms with Gasteiger partial charge in [-0.1, -0.05) is 19.9 Å². The van der Waals surface area contributed by atoms with Crippen molar-refractivity contribution in [3.05, 3.63) is 29.8 Å². The number of nitrogens with zero attached hydrogens (tertiary/aromatic N) is 1. The van der Waals surface area contributed by atoms with E-state index in [0.29, 0.717) is 17.9 Å². The summed E-state index contributed by atoms with van der Waals surface area (Å²) in [7, 11) is 0. The summed E-state index contributed by atoms with van der Waals surface area (Å²) in [4.78, 5) is 26.9. The number of piperidine rings is 1. The molecule has 1 unspecified atom stereocenters. The van der Waals surface area contributed by atoms with Crippen molar-refractivity contribution in [2.75, 3.05) is 18.4 Å². The van der Waals surface area contributed by atoms with Crippen LogP contribution in [0.1, 0.15) is 45.1 Å². The van der Waals surface area contributed by atoms with E-state index in [4.69, 9.17) is 0 Å². The number of amides is 1. The number of nitrogens with one attached hydrogen (secondary N) is 1. The zero-order valence-electron chi connectivity index (χ0n) is 16.3. The molecule has 1 saturated heterocycles. The van der Waals surface area contributed by atoms with Crippen molar-refractivity contribution in [1.29, 1.82) is 0 Å². The molecule has 0 aromatic heterocycles. The molecule has 1 N–H and O–H groups in total. The predicted octanol–water partition coefficient (Wildman–Crippen LogP) is 4.36. The maximum Gasteiger partial charge on any atom is 0.416 e. The molecule has 4 nitrogen and oxygen atoms in total. The Morgan fingerprint density at radius 3 is 2.36 bits per heavy atom. The van der Waals surface area contributed by atoms with Crippen LogP contribution in [-0.2, 0) is 15.8 Å². The third-order valence-corrected chi connectivity index (χ3v) is 6.13. The molecule has 28 heavy (non-hydrogen) atoms. The fourth-order valence-corrected chi connectivity index (χ4v) is 4.54. The number of ketones is 1. The molecule has 3 atom stereocenters. The van der Waals surface area contributed by atoms with Crippen LogP contribution in [-0.4, -0.2) is 35.7 Å². The second-order valence-electron chi connectivity index (χ2n) is 7.87. The normalized spacial score (nSPS) is 24.3. The van der Waals surface area contributed by atoms with Gasteiger partial charge in [0.25, 0.3) is 0 Å². The highest BCUT2D eigenvalue weighted by molar-refractivity contribution is 5.94. The van der Waals surface area contributed by atoms with Crippen molar-refractivity contribution in [2.45, 2.75) is 51.7 Å². The lowest BCUT2D eigenvalue weighted by atomic mass is 10.1. The van der Waals surface area contributed by atoms with Crippen LogP contribution in [0.15, 0.2) is 24.3 Å². The highest BCUT2D eigenvalue weighted by Gasteiger charge is 2.59. The average molecular weight is 396 g/mol. The summed E-state index contributed by atoms with van der Waals surface area (Å²) in [6.07, 6.45) is -2.08. The summed E-state index contributed by atoms with van der Waals surface area (Å²) >= 11 is 0. The SMILES string of the molecule is CCC(CC)N1C[C@@H]2C(C(=O)CCC(=O)Nc3cccc(C(F)(F)F)c3)[C@@H]2C1. The van der Waals surface area contributed by atoms with Crippen molar-refractivity contribution in [1.82, 2.24) is 4.90 Å². The van der Waals surface area contributed by atoms with Crippen molar-refractivity contribution in [3.63, 3.8) is 0 Å². The number of benzene rings is 1. The lowest BCUT2D eigenvalue weighted by Crippen LogP contribution is -2.35. The lowest BCUT2D eigenvalue weighted by molar-refractivity contribution is -0.137. The Hall–Kier alpha value is -1.89. The van der Waals surface area contributed by atoms with Crippen LogP contribution in [0.4, 0.5) is 18.9 Å². The molecule has 0 spiro atoms. The zero-order valence-corrected chi connectivity index (χ0v) is 16.3. The number of halogens is 3. The first kappa shape index (κ1) is 20.8. The Labute approximate surface area is 163 Å². The summed E-state index contributed by atoms with van der Waals surface area (Å²) < 4.78 is 38.2. The number of anilines is 1. The monoisotopic (exact) mass is 396 g/mol. The third kappa shape index (κ3) is 4.57. The maximum atomic E-state index is 12.7. The predicted molar refractivity (Wildman–Crippen MR) is 101 cm³/mol. The van der Waals surface area contributed by atoms with Gasteiger partial charge >= 0.3 is 6.18 Å². The van der Waals surface area contributed by atoms with Gasteiger partial charge in [0, 0.05) is 43.6 Å².